The summed E-state index contributed by atoms with van der Waals surface area (Å²) in [5, 5.41) is 13.2. The highest BCUT2D eigenvalue weighted by Crippen LogP contribution is 2.09. The molecule has 17 heavy (non-hydrogen) atoms. The summed E-state index contributed by atoms with van der Waals surface area (Å²) in [4.78, 5) is 25.6. The standard InChI is InChI=1S/C9H13N3O4S/c10-1-2-16-4-7(13)11-3-8-12-6(5-17-8)9(14)15/h5H,1-4,10H2,(H,11,13)(H,14,15). The molecule has 0 spiro atoms. The number of nitrogens with one attached hydrogen (secondary N) is 1. The third-order valence-electron chi connectivity index (χ3n) is 1.70. The number of carbonyl (C=O) groups is 2. The lowest BCUT2D eigenvalue weighted by molar-refractivity contribution is -0.125. The third kappa shape index (κ3) is 4.89. The van der Waals surface area contributed by atoms with Crippen molar-refractivity contribution in [3.05, 3.63) is 16.1 Å². The molecule has 0 fully saturated rings. The molecule has 1 heterocycles. The first kappa shape index (κ1) is 13.6. The molecular weight excluding hydrogens is 246 g/mol. The molecule has 0 bridgehead atoms. The first-order chi connectivity index (χ1) is 8.13. The van der Waals surface area contributed by atoms with Gasteiger partial charge in [0.25, 0.3) is 0 Å². The number of carbonyl (C=O) groups excluding carboxylic acids is 1. The van der Waals surface area contributed by atoms with Crippen molar-refractivity contribution in [3.63, 3.8) is 0 Å². The Hall–Kier alpha value is -1.51. The van der Waals surface area contributed by atoms with Gasteiger partial charge in [0.2, 0.25) is 5.91 Å². The van der Waals surface area contributed by atoms with Gasteiger partial charge in [-0.25, -0.2) is 9.78 Å². The Morgan fingerprint density at radius 3 is 2.94 bits per heavy atom. The van der Waals surface area contributed by atoms with Gasteiger partial charge >= 0.3 is 5.97 Å². The van der Waals surface area contributed by atoms with Crippen molar-refractivity contribution < 1.29 is 19.4 Å². The van der Waals surface area contributed by atoms with Crippen LogP contribution in [0.4, 0.5) is 0 Å². The Balaban J connectivity index is 2.29. The normalized spacial score (nSPS) is 10.2. The molecular formula is C9H13N3O4S. The van der Waals surface area contributed by atoms with Gasteiger partial charge in [0, 0.05) is 11.9 Å². The zero-order valence-electron chi connectivity index (χ0n) is 9.01. The zero-order valence-corrected chi connectivity index (χ0v) is 9.83. The van der Waals surface area contributed by atoms with Crippen molar-refractivity contribution in [2.75, 3.05) is 19.8 Å². The quantitative estimate of drug-likeness (QED) is 0.565. The van der Waals surface area contributed by atoms with Gasteiger partial charge in [-0.1, -0.05) is 0 Å². The number of hydrogen-bond acceptors (Lipinski definition) is 6. The molecule has 0 aromatic carbocycles. The summed E-state index contributed by atoms with van der Waals surface area (Å²) in [6.07, 6.45) is 0. The van der Waals surface area contributed by atoms with Gasteiger partial charge in [0.15, 0.2) is 5.69 Å². The lowest BCUT2D eigenvalue weighted by atomic mass is 10.5. The van der Waals surface area contributed by atoms with Crippen LogP contribution in [0.25, 0.3) is 0 Å². The van der Waals surface area contributed by atoms with Crippen LogP contribution in [0.15, 0.2) is 5.38 Å². The molecule has 0 aliphatic carbocycles. The third-order valence-corrected chi connectivity index (χ3v) is 2.55. The van der Waals surface area contributed by atoms with E-state index in [1.54, 1.807) is 0 Å². The SMILES string of the molecule is NCCOCC(=O)NCc1nc(C(=O)O)cs1. The molecule has 0 saturated carbocycles. The van der Waals surface area contributed by atoms with Gasteiger partial charge in [0.1, 0.15) is 11.6 Å². The Labute approximate surface area is 102 Å². The number of aromatic nitrogens is 1. The van der Waals surface area contributed by atoms with Gasteiger partial charge in [-0.05, 0) is 0 Å². The minimum absolute atomic E-state index is 0.0152. The second-order valence-corrected chi connectivity index (χ2v) is 3.99. The van der Waals surface area contributed by atoms with Crippen molar-refractivity contribution in [3.8, 4) is 0 Å². The molecule has 0 aliphatic heterocycles. The van der Waals surface area contributed by atoms with Crippen LogP contribution in [-0.4, -0.2) is 41.7 Å². The largest absolute Gasteiger partial charge is 0.476 e. The highest BCUT2D eigenvalue weighted by atomic mass is 32.1. The van der Waals surface area contributed by atoms with Crippen LogP contribution >= 0.6 is 11.3 Å². The number of carboxylic acid groups (broad SMARTS) is 1. The van der Waals surface area contributed by atoms with Crippen molar-refractivity contribution in [2.45, 2.75) is 6.54 Å². The number of amides is 1. The fraction of sp³-hybridized carbons (Fsp3) is 0.444. The van der Waals surface area contributed by atoms with E-state index in [4.69, 9.17) is 15.6 Å². The predicted molar refractivity (Wildman–Crippen MR) is 60.8 cm³/mol. The van der Waals surface area contributed by atoms with E-state index in [0.29, 0.717) is 18.2 Å². The number of nitrogens with zero attached hydrogens (tertiary/aromatic N) is 1. The second kappa shape index (κ2) is 6.94. The second-order valence-electron chi connectivity index (χ2n) is 3.05. The molecule has 0 aliphatic rings. The summed E-state index contributed by atoms with van der Waals surface area (Å²) in [5.74, 6) is -1.37. The number of thiazole rings is 1. The summed E-state index contributed by atoms with van der Waals surface area (Å²) in [5.41, 5.74) is 5.18. The number of aromatic carboxylic acids is 1. The highest BCUT2D eigenvalue weighted by Gasteiger charge is 2.09. The number of rotatable bonds is 7. The first-order valence-corrected chi connectivity index (χ1v) is 5.73. The van der Waals surface area contributed by atoms with Crippen LogP contribution in [0.3, 0.4) is 0 Å². The first-order valence-electron chi connectivity index (χ1n) is 4.85. The van der Waals surface area contributed by atoms with Gasteiger partial charge in [-0.2, -0.15) is 0 Å². The molecule has 0 atom stereocenters. The Kier molecular flexibility index (Phi) is 5.53. The molecule has 7 nitrogen and oxygen atoms in total. The summed E-state index contributed by atoms with van der Waals surface area (Å²) in [6.45, 7) is 0.826. The van der Waals surface area contributed by atoms with E-state index in [2.05, 4.69) is 10.3 Å². The molecule has 1 amide bonds. The summed E-state index contributed by atoms with van der Waals surface area (Å²) < 4.78 is 4.93. The van der Waals surface area contributed by atoms with Crippen LogP contribution in [0, 0.1) is 0 Å². The van der Waals surface area contributed by atoms with E-state index in [1.165, 1.54) is 16.7 Å². The summed E-state index contributed by atoms with van der Waals surface area (Å²) in [6, 6.07) is 0. The molecule has 1 aromatic rings. The fourth-order valence-electron chi connectivity index (χ4n) is 0.964. The fourth-order valence-corrected chi connectivity index (χ4v) is 1.67. The van der Waals surface area contributed by atoms with Crippen molar-refractivity contribution in [1.29, 1.82) is 0 Å². The average Bonchev–Trinajstić information content (AvgIpc) is 2.75. The van der Waals surface area contributed by atoms with Crippen molar-refractivity contribution in [1.82, 2.24) is 10.3 Å². The van der Waals surface area contributed by atoms with Crippen molar-refractivity contribution in [2.24, 2.45) is 5.73 Å². The topological polar surface area (TPSA) is 115 Å². The van der Waals surface area contributed by atoms with Crippen molar-refractivity contribution >= 4 is 23.2 Å². The molecule has 94 valence electrons. The van der Waals surface area contributed by atoms with E-state index in [1.807, 2.05) is 0 Å². The summed E-state index contributed by atoms with van der Waals surface area (Å²) >= 11 is 1.18. The number of carboxylic acids is 1. The Morgan fingerprint density at radius 2 is 2.35 bits per heavy atom. The predicted octanol–water partition coefficient (Wildman–Crippen LogP) is -0.567. The van der Waals surface area contributed by atoms with Gasteiger partial charge in [-0.3, -0.25) is 4.79 Å². The van der Waals surface area contributed by atoms with Gasteiger partial charge in [0.05, 0.1) is 13.2 Å². The number of hydrogen-bond donors (Lipinski definition) is 3. The minimum atomic E-state index is -1.08. The molecule has 0 unspecified atom stereocenters. The minimum Gasteiger partial charge on any atom is -0.476 e. The van der Waals surface area contributed by atoms with Crippen LogP contribution in [-0.2, 0) is 16.1 Å². The van der Waals surface area contributed by atoms with E-state index in [9.17, 15) is 9.59 Å². The monoisotopic (exact) mass is 259 g/mol. The van der Waals surface area contributed by atoms with E-state index < -0.39 is 5.97 Å². The summed E-state index contributed by atoms with van der Waals surface area (Å²) in [7, 11) is 0. The zero-order chi connectivity index (χ0) is 12.7. The van der Waals surface area contributed by atoms with E-state index in [-0.39, 0.29) is 24.8 Å². The molecule has 4 N–H and O–H groups in total. The Bertz CT molecular complexity index is 393. The molecule has 8 heteroatoms. The average molecular weight is 259 g/mol. The molecule has 1 rings (SSSR count). The number of ether oxygens (including phenoxy) is 1. The van der Waals surface area contributed by atoms with Crippen LogP contribution < -0.4 is 11.1 Å². The van der Waals surface area contributed by atoms with Crippen LogP contribution in [0.2, 0.25) is 0 Å². The lowest BCUT2D eigenvalue weighted by Crippen LogP contribution is -2.28. The maximum atomic E-state index is 11.2. The highest BCUT2D eigenvalue weighted by molar-refractivity contribution is 7.09. The van der Waals surface area contributed by atoms with E-state index in [0.717, 1.165) is 0 Å². The molecule has 0 saturated heterocycles. The lowest BCUT2D eigenvalue weighted by Gasteiger charge is -2.03. The van der Waals surface area contributed by atoms with Crippen LogP contribution in [0.1, 0.15) is 15.5 Å². The Morgan fingerprint density at radius 1 is 1.59 bits per heavy atom. The van der Waals surface area contributed by atoms with E-state index >= 15 is 0 Å². The number of nitrogens with two attached hydrogens (primary N) is 1. The molecule has 0 radical (unpaired) electrons. The van der Waals surface area contributed by atoms with Gasteiger partial charge < -0.3 is 20.9 Å². The van der Waals surface area contributed by atoms with Crippen LogP contribution in [0.5, 0.6) is 0 Å². The maximum absolute atomic E-state index is 11.2. The molecule has 1 aromatic heterocycles. The maximum Gasteiger partial charge on any atom is 0.355 e. The van der Waals surface area contributed by atoms with Gasteiger partial charge in [-0.15, -0.1) is 11.3 Å². The smallest absolute Gasteiger partial charge is 0.355 e.